The van der Waals surface area contributed by atoms with E-state index in [0.717, 1.165) is 25.9 Å². The lowest BCUT2D eigenvalue weighted by Gasteiger charge is -2.27. The topological polar surface area (TPSA) is 66.3 Å². The first-order chi connectivity index (χ1) is 7.27. The average Bonchev–Trinajstić information content (AvgIpc) is 2.30. The van der Waals surface area contributed by atoms with Crippen LogP contribution in [0.4, 0.5) is 5.82 Å². The number of hydrogen-bond acceptors (Lipinski definition) is 4. The minimum absolute atomic E-state index is 0.200. The summed E-state index contributed by atoms with van der Waals surface area (Å²) in [5.41, 5.74) is 0.200. The fourth-order valence-electron chi connectivity index (χ4n) is 1.75. The zero-order valence-electron chi connectivity index (χ0n) is 8.39. The molecule has 0 spiro atoms. The van der Waals surface area contributed by atoms with E-state index in [1.807, 2.05) is 0 Å². The minimum atomic E-state index is -0.955. The van der Waals surface area contributed by atoms with Gasteiger partial charge in [-0.1, -0.05) is 0 Å². The van der Waals surface area contributed by atoms with Crippen LogP contribution >= 0.6 is 0 Å². The molecule has 80 valence electrons. The SMILES string of the molecule is O=C(O)c1cnnc(N2CCCCC2)c1. The van der Waals surface area contributed by atoms with Crippen LogP contribution in [0.15, 0.2) is 12.3 Å². The molecule has 1 saturated heterocycles. The molecule has 0 aliphatic carbocycles. The highest BCUT2D eigenvalue weighted by molar-refractivity contribution is 5.87. The van der Waals surface area contributed by atoms with Crippen LogP contribution in [-0.4, -0.2) is 34.4 Å². The van der Waals surface area contributed by atoms with Crippen molar-refractivity contribution in [3.63, 3.8) is 0 Å². The van der Waals surface area contributed by atoms with E-state index in [0.29, 0.717) is 5.82 Å². The summed E-state index contributed by atoms with van der Waals surface area (Å²) in [5, 5.41) is 16.5. The van der Waals surface area contributed by atoms with E-state index in [9.17, 15) is 4.79 Å². The van der Waals surface area contributed by atoms with Gasteiger partial charge in [0.1, 0.15) is 0 Å². The first-order valence-corrected chi connectivity index (χ1v) is 5.08. The second-order valence-electron chi connectivity index (χ2n) is 3.66. The molecule has 0 unspecified atom stereocenters. The van der Waals surface area contributed by atoms with E-state index in [-0.39, 0.29) is 5.56 Å². The number of aromatic nitrogens is 2. The van der Waals surface area contributed by atoms with Crippen molar-refractivity contribution in [2.75, 3.05) is 18.0 Å². The van der Waals surface area contributed by atoms with Crippen LogP contribution in [0.5, 0.6) is 0 Å². The Labute approximate surface area is 87.7 Å². The van der Waals surface area contributed by atoms with Gasteiger partial charge in [0.15, 0.2) is 5.82 Å². The highest BCUT2D eigenvalue weighted by Gasteiger charge is 2.14. The van der Waals surface area contributed by atoms with Crippen molar-refractivity contribution < 1.29 is 9.90 Å². The van der Waals surface area contributed by atoms with Crippen LogP contribution in [0.1, 0.15) is 29.6 Å². The number of nitrogens with zero attached hydrogens (tertiary/aromatic N) is 3. The monoisotopic (exact) mass is 207 g/mol. The molecule has 1 aromatic rings. The molecule has 5 nitrogen and oxygen atoms in total. The Bertz CT molecular complexity index is 361. The third kappa shape index (κ3) is 2.23. The summed E-state index contributed by atoms with van der Waals surface area (Å²) in [7, 11) is 0. The number of carboxylic acid groups (broad SMARTS) is 1. The number of hydrogen-bond donors (Lipinski definition) is 1. The molecule has 1 aliphatic rings. The second kappa shape index (κ2) is 4.25. The van der Waals surface area contributed by atoms with Gasteiger partial charge in [-0.25, -0.2) is 4.79 Å². The fraction of sp³-hybridized carbons (Fsp3) is 0.500. The number of piperidine rings is 1. The lowest BCUT2D eigenvalue weighted by molar-refractivity contribution is 0.0696. The van der Waals surface area contributed by atoms with Gasteiger partial charge in [-0.15, -0.1) is 5.10 Å². The van der Waals surface area contributed by atoms with Gasteiger partial charge in [-0.2, -0.15) is 5.10 Å². The Morgan fingerprint density at radius 2 is 2.07 bits per heavy atom. The minimum Gasteiger partial charge on any atom is -0.478 e. The van der Waals surface area contributed by atoms with Crippen LogP contribution in [0.3, 0.4) is 0 Å². The molecular formula is C10H13N3O2. The molecule has 0 amide bonds. The largest absolute Gasteiger partial charge is 0.478 e. The molecule has 2 rings (SSSR count). The third-order valence-electron chi connectivity index (χ3n) is 2.57. The highest BCUT2D eigenvalue weighted by Crippen LogP contribution is 2.17. The number of anilines is 1. The molecule has 2 heterocycles. The van der Waals surface area contributed by atoms with E-state index >= 15 is 0 Å². The van der Waals surface area contributed by atoms with Gasteiger partial charge in [0, 0.05) is 13.1 Å². The molecule has 0 radical (unpaired) electrons. The van der Waals surface area contributed by atoms with E-state index in [4.69, 9.17) is 5.11 Å². The molecule has 0 aromatic carbocycles. The lowest BCUT2D eigenvalue weighted by Crippen LogP contribution is -2.30. The molecular weight excluding hydrogens is 194 g/mol. The van der Waals surface area contributed by atoms with Gasteiger partial charge in [0.05, 0.1) is 11.8 Å². The summed E-state index contributed by atoms with van der Waals surface area (Å²) in [6.45, 7) is 1.88. The third-order valence-corrected chi connectivity index (χ3v) is 2.57. The van der Waals surface area contributed by atoms with Gasteiger partial charge in [-0.05, 0) is 25.3 Å². The Morgan fingerprint density at radius 1 is 1.33 bits per heavy atom. The van der Waals surface area contributed by atoms with Crippen molar-refractivity contribution in [1.29, 1.82) is 0 Å². The smallest absolute Gasteiger partial charge is 0.337 e. The molecule has 0 bridgehead atoms. The Morgan fingerprint density at radius 3 is 2.73 bits per heavy atom. The summed E-state index contributed by atoms with van der Waals surface area (Å²) in [5.74, 6) is -0.280. The van der Waals surface area contributed by atoms with Gasteiger partial charge >= 0.3 is 5.97 Å². The van der Waals surface area contributed by atoms with E-state index in [2.05, 4.69) is 15.1 Å². The van der Waals surface area contributed by atoms with Gasteiger partial charge in [0.2, 0.25) is 0 Å². The number of carbonyl (C=O) groups is 1. The van der Waals surface area contributed by atoms with E-state index in [1.54, 1.807) is 6.07 Å². The van der Waals surface area contributed by atoms with Crippen molar-refractivity contribution in [3.05, 3.63) is 17.8 Å². The standard InChI is InChI=1S/C10H13N3O2/c14-10(15)8-6-9(12-11-7-8)13-4-2-1-3-5-13/h6-7H,1-5H2,(H,14,15). The first-order valence-electron chi connectivity index (χ1n) is 5.08. The molecule has 1 N–H and O–H groups in total. The summed E-state index contributed by atoms with van der Waals surface area (Å²) >= 11 is 0. The van der Waals surface area contributed by atoms with Crippen molar-refractivity contribution in [3.8, 4) is 0 Å². The van der Waals surface area contributed by atoms with E-state index < -0.39 is 5.97 Å². The maximum Gasteiger partial charge on any atom is 0.337 e. The summed E-state index contributed by atoms with van der Waals surface area (Å²) in [4.78, 5) is 12.8. The quantitative estimate of drug-likeness (QED) is 0.788. The number of rotatable bonds is 2. The molecule has 0 saturated carbocycles. The van der Waals surface area contributed by atoms with Crippen LogP contribution in [0.2, 0.25) is 0 Å². The maximum atomic E-state index is 10.7. The zero-order valence-corrected chi connectivity index (χ0v) is 8.39. The molecule has 15 heavy (non-hydrogen) atoms. The molecule has 0 atom stereocenters. The van der Waals surface area contributed by atoms with Gasteiger partial charge < -0.3 is 10.0 Å². The van der Waals surface area contributed by atoms with Crippen LogP contribution < -0.4 is 4.90 Å². The van der Waals surface area contributed by atoms with Crippen molar-refractivity contribution >= 4 is 11.8 Å². The number of carboxylic acids is 1. The normalized spacial score (nSPS) is 16.4. The fourth-order valence-corrected chi connectivity index (χ4v) is 1.75. The van der Waals surface area contributed by atoms with Gasteiger partial charge in [0.25, 0.3) is 0 Å². The van der Waals surface area contributed by atoms with Crippen LogP contribution in [0.25, 0.3) is 0 Å². The van der Waals surface area contributed by atoms with Crippen molar-refractivity contribution in [1.82, 2.24) is 10.2 Å². The zero-order chi connectivity index (χ0) is 10.7. The van der Waals surface area contributed by atoms with Crippen LogP contribution in [-0.2, 0) is 0 Å². The lowest BCUT2D eigenvalue weighted by atomic mass is 10.1. The second-order valence-corrected chi connectivity index (χ2v) is 3.66. The Kier molecular flexibility index (Phi) is 2.80. The average molecular weight is 207 g/mol. The predicted octanol–water partition coefficient (Wildman–Crippen LogP) is 1.17. The van der Waals surface area contributed by atoms with Crippen molar-refractivity contribution in [2.45, 2.75) is 19.3 Å². The van der Waals surface area contributed by atoms with E-state index in [1.165, 1.54) is 12.6 Å². The van der Waals surface area contributed by atoms with Crippen LogP contribution in [0, 0.1) is 0 Å². The summed E-state index contributed by atoms with van der Waals surface area (Å²) in [6.07, 6.45) is 4.79. The maximum absolute atomic E-state index is 10.7. The predicted molar refractivity (Wildman–Crippen MR) is 55.1 cm³/mol. The molecule has 1 aliphatic heterocycles. The first kappa shape index (κ1) is 9.89. The Balaban J connectivity index is 2.19. The molecule has 1 aromatic heterocycles. The highest BCUT2D eigenvalue weighted by atomic mass is 16.4. The molecule has 5 heteroatoms. The number of aromatic carboxylic acids is 1. The Hall–Kier alpha value is -1.65. The summed E-state index contributed by atoms with van der Waals surface area (Å²) < 4.78 is 0. The molecule has 1 fully saturated rings. The van der Waals surface area contributed by atoms with Crippen molar-refractivity contribution in [2.24, 2.45) is 0 Å². The summed E-state index contributed by atoms with van der Waals surface area (Å²) in [6, 6.07) is 1.58. The van der Waals surface area contributed by atoms with Gasteiger partial charge in [-0.3, -0.25) is 0 Å².